The van der Waals surface area contributed by atoms with E-state index in [4.69, 9.17) is 19.4 Å². The van der Waals surface area contributed by atoms with Crippen molar-refractivity contribution in [3.63, 3.8) is 0 Å². The molecule has 2 saturated heterocycles. The van der Waals surface area contributed by atoms with Crippen molar-refractivity contribution in [1.82, 2.24) is 15.3 Å². The van der Waals surface area contributed by atoms with Gasteiger partial charge in [0, 0.05) is 18.7 Å². The van der Waals surface area contributed by atoms with Crippen LogP contribution in [0.1, 0.15) is 38.3 Å². The molecular formula is C16H22F3N3O4. The highest BCUT2D eigenvalue weighted by atomic mass is 19.4. The van der Waals surface area contributed by atoms with Crippen LogP contribution in [0.2, 0.25) is 0 Å². The molecule has 0 aliphatic carbocycles. The summed E-state index contributed by atoms with van der Waals surface area (Å²) in [6.45, 7) is 3.18. The topological polar surface area (TPSA) is 93.6 Å². The van der Waals surface area contributed by atoms with Gasteiger partial charge in [0.05, 0.1) is 24.7 Å². The van der Waals surface area contributed by atoms with Gasteiger partial charge in [-0.1, -0.05) is 0 Å². The normalized spacial score (nSPS) is 24.5. The number of nitrogens with zero attached hydrogens (tertiary/aromatic N) is 2. The summed E-state index contributed by atoms with van der Waals surface area (Å²) >= 11 is 0. The lowest BCUT2D eigenvalue weighted by Crippen LogP contribution is -2.42. The van der Waals surface area contributed by atoms with Crippen molar-refractivity contribution < 1.29 is 32.5 Å². The van der Waals surface area contributed by atoms with Gasteiger partial charge in [-0.05, 0) is 32.6 Å². The number of aromatic nitrogens is 2. The van der Waals surface area contributed by atoms with E-state index in [0.717, 1.165) is 18.5 Å². The molecule has 0 amide bonds. The number of piperidine rings is 1. The second kappa shape index (κ2) is 9.13. The zero-order chi connectivity index (χ0) is 19.2. The first kappa shape index (κ1) is 20.4. The number of aliphatic carboxylic acids is 1. The molecule has 1 aromatic heterocycles. The minimum Gasteiger partial charge on any atom is -0.475 e. The molecule has 3 heterocycles. The van der Waals surface area contributed by atoms with Crippen LogP contribution >= 0.6 is 0 Å². The Hall–Kier alpha value is -1.94. The van der Waals surface area contributed by atoms with E-state index >= 15 is 0 Å². The van der Waals surface area contributed by atoms with Crippen LogP contribution in [0, 0.1) is 0 Å². The number of carbonyl (C=O) groups is 1. The highest BCUT2D eigenvalue weighted by molar-refractivity contribution is 5.73. The second-order valence-corrected chi connectivity index (χ2v) is 6.14. The monoisotopic (exact) mass is 377 g/mol. The molecule has 146 valence electrons. The van der Waals surface area contributed by atoms with Crippen molar-refractivity contribution in [2.24, 2.45) is 0 Å². The number of nitrogens with one attached hydrogen (secondary N) is 1. The van der Waals surface area contributed by atoms with Gasteiger partial charge in [0.25, 0.3) is 0 Å². The first-order valence-corrected chi connectivity index (χ1v) is 8.39. The van der Waals surface area contributed by atoms with E-state index in [9.17, 15) is 13.2 Å². The molecule has 26 heavy (non-hydrogen) atoms. The summed E-state index contributed by atoms with van der Waals surface area (Å²) in [6, 6.07) is 1.27. The van der Waals surface area contributed by atoms with Crippen molar-refractivity contribution in [2.75, 3.05) is 6.61 Å². The van der Waals surface area contributed by atoms with Gasteiger partial charge < -0.3 is 19.9 Å². The largest absolute Gasteiger partial charge is 0.490 e. The highest BCUT2D eigenvalue weighted by Gasteiger charge is 2.38. The minimum atomic E-state index is -5.08. The maximum atomic E-state index is 10.6. The molecule has 0 saturated carbocycles. The Morgan fingerprint density at radius 3 is 2.35 bits per heavy atom. The number of alkyl halides is 3. The summed E-state index contributed by atoms with van der Waals surface area (Å²) in [5.41, 5.74) is 0.847. The Kier molecular flexibility index (Phi) is 7.15. The molecule has 0 spiro atoms. The van der Waals surface area contributed by atoms with Crippen molar-refractivity contribution in [3.05, 3.63) is 18.1 Å². The molecule has 2 N–H and O–H groups in total. The fraction of sp³-hybridized carbons (Fsp3) is 0.688. The quantitative estimate of drug-likeness (QED) is 0.813. The Balaban J connectivity index is 0.000000298. The number of ether oxygens (including phenoxy) is 2. The number of fused-ring (bicyclic) bond motifs is 2. The molecule has 2 aliphatic heterocycles. The van der Waals surface area contributed by atoms with E-state index in [2.05, 4.69) is 15.3 Å². The van der Waals surface area contributed by atoms with Crippen LogP contribution in [-0.2, 0) is 16.1 Å². The van der Waals surface area contributed by atoms with E-state index in [1.807, 2.05) is 6.92 Å². The van der Waals surface area contributed by atoms with Crippen LogP contribution < -0.4 is 10.1 Å². The minimum absolute atomic E-state index is 0.283. The second-order valence-electron chi connectivity index (χ2n) is 6.14. The average Bonchev–Trinajstić information content (AvgIpc) is 2.92. The first-order valence-electron chi connectivity index (χ1n) is 8.39. The Morgan fingerprint density at radius 2 is 1.88 bits per heavy atom. The standard InChI is InChI=1S/C14H21N3O2.C2HF3O2/c1-2-18-9-12-7-16-14(8-15-12)19-13-5-10-3-4-11(6-13)17-10;3-2(4,5)1(6)7/h7-8,10-11,13,17H,2-6,9H2,1H3;(H,6,7)/t10-,11+,13-;. The fourth-order valence-electron chi connectivity index (χ4n) is 2.96. The maximum Gasteiger partial charge on any atom is 0.490 e. The smallest absolute Gasteiger partial charge is 0.475 e. The molecule has 10 heteroatoms. The molecule has 3 atom stereocenters. The van der Waals surface area contributed by atoms with Gasteiger partial charge in [0.15, 0.2) is 0 Å². The number of halogens is 3. The summed E-state index contributed by atoms with van der Waals surface area (Å²) < 4.78 is 43.0. The first-order chi connectivity index (χ1) is 12.3. The van der Waals surface area contributed by atoms with Gasteiger partial charge in [0.2, 0.25) is 5.88 Å². The van der Waals surface area contributed by atoms with Gasteiger partial charge in [-0.15, -0.1) is 0 Å². The van der Waals surface area contributed by atoms with Crippen molar-refractivity contribution in [1.29, 1.82) is 0 Å². The zero-order valence-electron chi connectivity index (χ0n) is 14.3. The lowest BCUT2D eigenvalue weighted by molar-refractivity contribution is -0.192. The molecule has 1 aromatic rings. The van der Waals surface area contributed by atoms with Crippen LogP contribution in [0.15, 0.2) is 12.4 Å². The van der Waals surface area contributed by atoms with E-state index < -0.39 is 12.1 Å². The van der Waals surface area contributed by atoms with Crippen LogP contribution in [-0.4, -0.2) is 52.0 Å². The number of rotatable bonds is 5. The molecule has 2 fully saturated rings. The summed E-state index contributed by atoms with van der Waals surface area (Å²) in [5.74, 6) is -2.13. The Labute approximate surface area is 148 Å². The third-order valence-corrected chi connectivity index (χ3v) is 4.10. The molecule has 3 rings (SSSR count). The number of carboxylic acid groups (broad SMARTS) is 1. The van der Waals surface area contributed by atoms with Crippen molar-refractivity contribution in [3.8, 4) is 5.88 Å². The Morgan fingerprint density at radius 1 is 1.27 bits per heavy atom. The third-order valence-electron chi connectivity index (χ3n) is 4.10. The molecule has 0 aromatic carbocycles. The van der Waals surface area contributed by atoms with Crippen molar-refractivity contribution in [2.45, 2.75) is 63.6 Å². The lowest BCUT2D eigenvalue weighted by atomic mass is 10.0. The lowest BCUT2D eigenvalue weighted by Gasteiger charge is -2.28. The van der Waals surface area contributed by atoms with Gasteiger partial charge in [0.1, 0.15) is 6.10 Å². The molecular weight excluding hydrogens is 355 g/mol. The van der Waals surface area contributed by atoms with E-state index in [0.29, 0.717) is 31.2 Å². The zero-order valence-corrected chi connectivity index (χ0v) is 14.3. The highest BCUT2D eigenvalue weighted by Crippen LogP contribution is 2.28. The van der Waals surface area contributed by atoms with Crippen LogP contribution in [0.3, 0.4) is 0 Å². The van der Waals surface area contributed by atoms with Gasteiger partial charge in [-0.3, -0.25) is 4.98 Å². The predicted molar refractivity (Wildman–Crippen MR) is 84.6 cm³/mol. The third kappa shape index (κ3) is 6.41. The summed E-state index contributed by atoms with van der Waals surface area (Å²) in [7, 11) is 0. The summed E-state index contributed by atoms with van der Waals surface area (Å²) in [4.78, 5) is 17.5. The molecule has 0 radical (unpaired) electrons. The van der Waals surface area contributed by atoms with Gasteiger partial charge in [-0.2, -0.15) is 13.2 Å². The molecule has 2 bridgehead atoms. The SMILES string of the molecule is CCOCc1cnc(O[C@@H]2C[C@H]3CC[C@@H](C2)N3)cn1.O=C(O)C(F)(F)F. The van der Waals surface area contributed by atoms with E-state index in [1.165, 1.54) is 12.8 Å². The predicted octanol–water partition coefficient (Wildman–Crippen LogP) is 2.31. The van der Waals surface area contributed by atoms with Crippen molar-refractivity contribution >= 4 is 5.97 Å². The van der Waals surface area contributed by atoms with Gasteiger partial charge >= 0.3 is 12.1 Å². The summed E-state index contributed by atoms with van der Waals surface area (Å²) in [6.07, 6.45) is 3.37. The van der Waals surface area contributed by atoms with E-state index in [1.54, 1.807) is 12.4 Å². The van der Waals surface area contributed by atoms with Gasteiger partial charge in [-0.25, -0.2) is 9.78 Å². The molecule has 0 unspecified atom stereocenters. The molecule has 7 nitrogen and oxygen atoms in total. The fourth-order valence-corrected chi connectivity index (χ4v) is 2.96. The number of carboxylic acids is 1. The Bertz CT molecular complexity index is 571. The van der Waals surface area contributed by atoms with Crippen LogP contribution in [0.25, 0.3) is 0 Å². The maximum absolute atomic E-state index is 10.6. The summed E-state index contributed by atoms with van der Waals surface area (Å²) in [5, 5.41) is 10.7. The van der Waals surface area contributed by atoms with E-state index in [-0.39, 0.29) is 6.10 Å². The number of hydrogen-bond donors (Lipinski definition) is 2. The average molecular weight is 377 g/mol. The van der Waals surface area contributed by atoms with Crippen LogP contribution in [0.5, 0.6) is 5.88 Å². The molecule has 2 aliphatic rings. The number of hydrogen-bond acceptors (Lipinski definition) is 6. The van der Waals surface area contributed by atoms with Crippen LogP contribution in [0.4, 0.5) is 13.2 Å².